The maximum Gasteiger partial charge on any atom is 0.269 e. The smallest absolute Gasteiger partial charge is 0.269 e. The summed E-state index contributed by atoms with van der Waals surface area (Å²) in [5.41, 5.74) is 8.16. The summed E-state index contributed by atoms with van der Waals surface area (Å²) in [6, 6.07) is 14.5. The number of halogens is 1. The molecule has 0 saturated carbocycles. The van der Waals surface area contributed by atoms with Gasteiger partial charge in [-0.15, -0.1) is 0 Å². The average Bonchev–Trinajstić information content (AvgIpc) is 3.07. The standard InChI is InChI=1S/C18H15FN4O2/c1-22(11-24)14-6-2-12(3-7-14)17-10-16(18(20)25)21-23(17)15-8-4-13(19)5-9-15/h2-11H,1H3,(H2,20,25). The van der Waals surface area contributed by atoms with Crippen LogP contribution in [-0.2, 0) is 4.79 Å². The number of hydrogen-bond donors (Lipinski definition) is 1. The Morgan fingerprint density at radius 1 is 1.16 bits per heavy atom. The van der Waals surface area contributed by atoms with Gasteiger partial charge in [0.05, 0.1) is 11.4 Å². The largest absolute Gasteiger partial charge is 0.364 e. The van der Waals surface area contributed by atoms with Gasteiger partial charge in [0.1, 0.15) is 5.82 Å². The predicted molar refractivity (Wildman–Crippen MR) is 91.9 cm³/mol. The molecule has 126 valence electrons. The molecular formula is C18H15FN4O2. The van der Waals surface area contributed by atoms with Crippen LogP contribution in [0, 0.1) is 5.82 Å². The number of nitrogens with two attached hydrogens (primary N) is 1. The summed E-state index contributed by atoms with van der Waals surface area (Å²) in [6.45, 7) is 0. The normalized spacial score (nSPS) is 10.5. The summed E-state index contributed by atoms with van der Waals surface area (Å²) < 4.78 is 14.7. The second-order valence-electron chi connectivity index (χ2n) is 5.43. The van der Waals surface area contributed by atoms with E-state index in [2.05, 4.69) is 5.10 Å². The number of nitrogens with zero attached hydrogens (tertiary/aromatic N) is 3. The van der Waals surface area contributed by atoms with E-state index in [0.717, 1.165) is 11.3 Å². The maximum atomic E-state index is 13.2. The molecule has 0 aliphatic rings. The Morgan fingerprint density at radius 3 is 2.36 bits per heavy atom. The summed E-state index contributed by atoms with van der Waals surface area (Å²) in [4.78, 5) is 23.8. The van der Waals surface area contributed by atoms with Gasteiger partial charge in [0.25, 0.3) is 5.91 Å². The Labute approximate surface area is 143 Å². The zero-order valence-electron chi connectivity index (χ0n) is 13.4. The molecule has 0 radical (unpaired) electrons. The molecule has 2 aromatic carbocycles. The van der Waals surface area contributed by atoms with Crippen LogP contribution in [0.2, 0.25) is 0 Å². The molecule has 3 aromatic rings. The third-order valence-corrected chi connectivity index (χ3v) is 3.76. The van der Waals surface area contributed by atoms with Crippen molar-refractivity contribution in [2.75, 3.05) is 11.9 Å². The summed E-state index contributed by atoms with van der Waals surface area (Å²) in [5, 5.41) is 4.21. The number of benzene rings is 2. The molecule has 0 unspecified atom stereocenters. The zero-order valence-corrected chi connectivity index (χ0v) is 13.4. The quantitative estimate of drug-likeness (QED) is 0.725. The van der Waals surface area contributed by atoms with Crippen molar-refractivity contribution in [3.63, 3.8) is 0 Å². The van der Waals surface area contributed by atoms with Crippen molar-refractivity contribution in [1.82, 2.24) is 9.78 Å². The molecule has 6 nitrogen and oxygen atoms in total. The fourth-order valence-electron chi connectivity index (χ4n) is 2.41. The average molecular weight is 338 g/mol. The Kier molecular flexibility index (Phi) is 4.30. The number of anilines is 1. The van der Waals surface area contributed by atoms with Crippen molar-refractivity contribution in [1.29, 1.82) is 0 Å². The van der Waals surface area contributed by atoms with Crippen LogP contribution in [0.4, 0.5) is 10.1 Å². The fraction of sp³-hybridized carbons (Fsp3) is 0.0556. The molecule has 25 heavy (non-hydrogen) atoms. The van der Waals surface area contributed by atoms with Gasteiger partial charge in [0.15, 0.2) is 5.69 Å². The van der Waals surface area contributed by atoms with E-state index in [9.17, 15) is 14.0 Å². The van der Waals surface area contributed by atoms with Gasteiger partial charge in [0, 0.05) is 18.3 Å². The highest BCUT2D eigenvalue weighted by Crippen LogP contribution is 2.26. The van der Waals surface area contributed by atoms with E-state index in [0.29, 0.717) is 17.8 Å². The van der Waals surface area contributed by atoms with Crippen LogP contribution in [0.25, 0.3) is 16.9 Å². The topological polar surface area (TPSA) is 81.2 Å². The minimum atomic E-state index is -0.653. The second kappa shape index (κ2) is 6.56. The van der Waals surface area contributed by atoms with Gasteiger partial charge in [0.2, 0.25) is 6.41 Å². The summed E-state index contributed by atoms with van der Waals surface area (Å²) in [6.07, 6.45) is 0.711. The van der Waals surface area contributed by atoms with E-state index in [1.807, 2.05) is 0 Å². The van der Waals surface area contributed by atoms with Crippen LogP contribution in [0.15, 0.2) is 54.6 Å². The molecule has 0 bridgehead atoms. The lowest BCUT2D eigenvalue weighted by Gasteiger charge is -2.12. The molecular weight excluding hydrogens is 323 g/mol. The van der Waals surface area contributed by atoms with Gasteiger partial charge in [-0.25, -0.2) is 9.07 Å². The third kappa shape index (κ3) is 3.25. The lowest BCUT2D eigenvalue weighted by molar-refractivity contribution is -0.107. The Bertz CT molecular complexity index is 917. The second-order valence-corrected chi connectivity index (χ2v) is 5.43. The van der Waals surface area contributed by atoms with Gasteiger partial charge in [-0.05, 0) is 42.5 Å². The molecule has 7 heteroatoms. The van der Waals surface area contributed by atoms with Crippen molar-refractivity contribution in [2.45, 2.75) is 0 Å². The third-order valence-electron chi connectivity index (χ3n) is 3.76. The molecule has 0 atom stereocenters. The van der Waals surface area contributed by atoms with Crippen molar-refractivity contribution in [2.24, 2.45) is 5.73 Å². The van der Waals surface area contributed by atoms with E-state index in [1.54, 1.807) is 49.5 Å². The first-order chi connectivity index (χ1) is 12.0. The zero-order chi connectivity index (χ0) is 18.0. The fourth-order valence-corrected chi connectivity index (χ4v) is 2.41. The molecule has 0 aliphatic heterocycles. The van der Waals surface area contributed by atoms with E-state index in [-0.39, 0.29) is 11.5 Å². The van der Waals surface area contributed by atoms with E-state index < -0.39 is 5.91 Å². The first-order valence-electron chi connectivity index (χ1n) is 7.44. The Morgan fingerprint density at radius 2 is 1.80 bits per heavy atom. The number of primary amides is 1. The molecule has 2 N–H and O–H groups in total. The van der Waals surface area contributed by atoms with Gasteiger partial charge in [-0.2, -0.15) is 5.10 Å². The van der Waals surface area contributed by atoms with Gasteiger partial charge in [-0.3, -0.25) is 9.59 Å². The van der Waals surface area contributed by atoms with Crippen LogP contribution < -0.4 is 10.6 Å². The number of carbonyl (C=O) groups excluding carboxylic acids is 2. The number of rotatable bonds is 5. The van der Waals surface area contributed by atoms with E-state index >= 15 is 0 Å². The van der Waals surface area contributed by atoms with Crippen LogP contribution in [0.5, 0.6) is 0 Å². The summed E-state index contributed by atoms with van der Waals surface area (Å²) >= 11 is 0. The monoisotopic (exact) mass is 338 g/mol. The van der Waals surface area contributed by atoms with E-state index in [4.69, 9.17) is 5.73 Å². The van der Waals surface area contributed by atoms with Gasteiger partial charge >= 0.3 is 0 Å². The number of aromatic nitrogens is 2. The lowest BCUT2D eigenvalue weighted by atomic mass is 10.1. The molecule has 3 rings (SSSR count). The first kappa shape index (κ1) is 16.4. The van der Waals surface area contributed by atoms with Crippen molar-refractivity contribution in [3.8, 4) is 16.9 Å². The number of amides is 2. The molecule has 1 aromatic heterocycles. The van der Waals surface area contributed by atoms with Gasteiger partial charge < -0.3 is 10.6 Å². The highest BCUT2D eigenvalue weighted by atomic mass is 19.1. The molecule has 0 fully saturated rings. The van der Waals surface area contributed by atoms with Crippen LogP contribution in [-0.4, -0.2) is 29.1 Å². The highest BCUT2D eigenvalue weighted by molar-refractivity contribution is 5.92. The molecule has 0 saturated heterocycles. The summed E-state index contributed by atoms with van der Waals surface area (Å²) in [7, 11) is 1.65. The Hall–Kier alpha value is -3.48. The first-order valence-corrected chi connectivity index (χ1v) is 7.44. The van der Waals surface area contributed by atoms with Crippen molar-refractivity contribution < 1.29 is 14.0 Å². The Balaban J connectivity index is 2.09. The maximum absolute atomic E-state index is 13.2. The van der Waals surface area contributed by atoms with Crippen molar-refractivity contribution in [3.05, 3.63) is 66.1 Å². The van der Waals surface area contributed by atoms with Crippen LogP contribution in [0.1, 0.15) is 10.5 Å². The molecule has 1 heterocycles. The number of hydrogen-bond acceptors (Lipinski definition) is 3. The highest BCUT2D eigenvalue weighted by Gasteiger charge is 2.15. The number of carbonyl (C=O) groups is 2. The SMILES string of the molecule is CN(C=O)c1ccc(-c2cc(C(N)=O)nn2-c2ccc(F)cc2)cc1. The summed E-state index contributed by atoms with van der Waals surface area (Å²) in [5.74, 6) is -1.02. The lowest BCUT2D eigenvalue weighted by Crippen LogP contribution is -2.13. The predicted octanol–water partition coefficient (Wildman–Crippen LogP) is 2.37. The molecule has 0 aliphatic carbocycles. The molecule has 2 amide bonds. The van der Waals surface area contributed by atoms with Crippen LogP contribution in [0.3, 0.4) is 0 Å². The van der Waals surface area contributed by atoms with Crippen LogP contribution >= 0.6 is 0 Å². The van der Waals surface area contributed by atoms with Crippen molar-refractivity contribution >= 4 is 18.0 Å². The minimum absolute atomic E-state index is 0.105. The van der Waals surface area contributed by atoms with Gasteiger partial charge in [-0.1, -0.05) is 12.1 Å². The van der Waals surface area contributed by atoms with E-state index in [1.165, 1.54) is 21.7 Å². The minimum Gasteiger partial charge on any atom is -0.364 e. The molecule has 0 spiro atoms.